The van der Waals surface area contributed by atoms with Crippen molar-refractivity contribution in [3.63, 3.8) is 0 Å². The molecule has 0 aromatic rings. The van der Waals surface area contributed by atoms with E-state index in [2.05, 4.69) is 6.92 Å². The summed E-state index contributed by atoms with van der Waals surface area (Å²) in [4.78, 5) is 23.1. The van der Waals surface area contributed by atoms with E-state index in [1.54, 1.807) is 19.9 Å². The van der Waals surface area contributed by atoms with Crippen molar-refractivity contribution >= 4 is 11.9 Å². The molecule has 0 heterocycles. The number of carbonyl (C=O) groups is 2. The van der Waals surface area contributed by atoms with Crippen molar-refractivity contribution in [2.24, 2.45) is 0 Å². The standard InChI is InChI=1S/C17H31NO5/c1-4-7-8-9-10-11-12-18(13-19,14(5-2)16(20)21)15(6-3)17(22)23/h10-11,14-15,19H,4-9,12-13H2,1-3H3,(H-,20,21,22,23)/b11-10+. The number of hydrogen-bond donors (Lipinski definition) is 2. The molecule has 6 heteroatoms. The van der Waals surface area contributed by atoms with E-state index in [9.17, 15) is 24.9 Å². The largest absolute Gasteiger partial charge is 0.544 e. The van der Waals surface area contributed by atoms with Crippen molar-refractivity contribution in [3.05, 3.63) is 12.2 Å². The van der Waals surface area contributed by atoms with Gasteiger partial charge in [-0.15, -0.1) is 0 Å². The van der Waals surface area contributed by atoms with Gasteiger partial charge < -0.3 is 20.1 Å². The fourth-order valence-corrected chi connectivity index (χ4v) is 3.13. The van der Waals surface area contributed by atoms with Crippen molar-refractivity contribution in [2.45, 2.75) is 71.4 Å². The lowest BCUT2D eigenvalue weighted by molar-refractivity contribution is -0.971. The van der Waals surface area contributed by atoms with Gasteiger partial charge in [0, 0.05) is 12.8 Å². The zero-order valence-corrected chi connectivity index (χ0v) is 14.5. The number of rotatable bonds is 13. The number of quaternary nitrogens is 1. The van der Waals surface area contributed by atoms with Gasteiger partial charge in [-0.1, -0.05) is 39.7 Å². The summed E-state index contributed by atoms with van der Waals surface area (Å²) in [6.07, 6.45) is 8.32. The molecule has 134 valence electrons. The molecule has 0 radical (unpaired) electrons. The summed E-state index contributed by atoms with van der Waals surface area (Å²) in [5.74, 6) is -2.42. The summed E-state index contributed by atoms with van der Waals surface area (Å²) in [5.41, 5.74) is 0. The van der Waals surface area contributed by atoms with Crippen LogP contribution < -0.4 is 5.11 Å². The molecule has 0 aliphatic carbocycles. The SMILES string of the molecule is CCCCC/C=C/C[N+](CO)(C(CC)C(=O)[O-])C(CC)C(=O)O. The van der Waals surface area contributed by atoms with Gasteiger partial charge in [-0.05, 0) is 18.9 Å². The van der Waals surface area contributed by atoms with E-state index >= 15 is 0 Å². The first kappa shape index (κ1) is 21.6. The number of carboxylic acids is 2. The molecule has 6 nitrogen and oxygen atoms in total. The molecule has 2 N–H and O–H groups in total. The number of allylic oxidation sites excluding steroid dienone is 1. The van der Waals surface area contributed by atoms with Gasteiger partial charge in [-0.3, -0.25) is 4.48 Å². The molecule has 0 saturated carbocycles. The van der Waals surface area contributed by atoms with Gasteiger partial charge in [-0.25, -0.2) is 4.79 Å². The van der Waals surface area contributed by atoms with Gasteiger partial charge in [0.1, 0.15) is 12.6 Å². The van der Waals surface area contributed by atoms with Gasteiger partial charge in [0.2, 0.25) is 0 Å². The first-order valence-electron chi connectivity index (χ1n) is 8.47. The highest BCUT2D eigenvalue weighted by molar-refractivity contribution is 5.74. The van der Waals surface area contributed by atoms with Gasteiger partial charge in [-0.2, -0.15) is 0 Å². The molecule has 0 rings (SSSR count). The predicted octanol–water partition coefficient (Wildman–Crippen LogP) is 1.28. The van der Waals surface area contributed by atoms with E-state index in [1.165, 1.54) is 0 Å². The predicted molar refractivity (Wildman–Crippen MR) is 86.3 cm³/mol. The molecular formula is C17H31NO5. The Balaban J connectivity index is 5.41. The Labute approximate surface area is 139 Å². The molecular weight excluding hydrogens is 298 g/mol. The zero-order valence-electron chi connectivity index (χ0n) is 14.5. The molecule has 0 aromatic carbocycles. The number of aliphatic hydroxyl groups excluding tert-OH is 1. The highest BCUT2D eigenvalue weighted by atomic mass is 16.4. The van der Waals surface area contributed by atoms with Crippen molar-refractivity contribution in [2.75, 3.05) is 13.3 Å². The van der Waals surface area contributed by atoms with Gasteiger partial charge in [0.25, 0.3) is 0 Å². The molecule has 3 unspecified atom stereocenters. The minimum atomic E-state index is -1.32. The molecule has 23 heavy (non-hydrogen) atoms. The normalized spacial score (nSPS) is 16.9. The Morgan fingerprint density at radius 2 is 1.70 bits per heavy atom. The third-order valence-corrected chi connectivity index (χ3v) is 4.42. The molecule has 0 spiro atoms. The lowest BCUT2D eigenvalue weighted by Gasteiger charge is -2.46. The van der Waals surface area contributed by atoms with Crippen LogP contribution in [0.1, 0.15) is 59.3 Å². The summed E-state index contributed by atoms with van der Waals surface area (Å²) < 4.78 is -0.422. The van der Waals surface area contributed by atoms with Crippen LogP contribution in [0.5, 0.6) is 0 Å². The lowest BCUT2D eigenvalue weighted by atomic mass is 10.0. The van der Waals surface area contributed by atoms with Crippen molar-refractivity contribution in [3.8, 4) is 0 Å². The van der Waals surface area contributed by atoms with E-state index in [1.807, 2.05) is 6.08 Å². The Morgan fingerprint density at radius 3 is 2.09 bits per heavy atom. The Morgan fingerprint density at radius 1 is 1.09 bits per heavy atom. The zero-order chi connectivity index (χ0) is 17.9. The van der Waals surface area contributed by atoms with Crippen LogP contribution in [-0.4, -0.2) is 52.0 Å². The molecule has 0 saturated heterocycles. The number of aliphatic carboxylic acids is 2. The van der Waals surface area contributed by atoms with Crippen LogP contribution in [0.15, 0.2) is 12.2 Å². The molecule has 0 fully saturated rings. The van der Waals surface area contributed by atoms with E-state index in [0.717, 1.165) is 25.7 Å². The second kappa shape index (κ2) is 11.2. The summed E-state index contributed by atoms with van der Waals surface area (Å²) in [6, 6.07) is -2.04. The lowest BCUT2D eigenvalue weighted by Crippen LogP contribution is -2.68. The highest BCUT2D eigenvalue weighted by Gasteiger charge is 2.45. The van der Waals surface area contributed by atoms with Crippen LogP contribution >= 0.6 is 0 Å². The average Bonchev–Trinajstić information content (AvgIpc) is 2.50. The monoisotopic (exact) mass is 329 g/mol. The Bertz CT molecular complexity index is 372. The maximum atomic E-state index is 11.6. The molecule has 0 aliphatic rings. The van der Waals surface area contributed by atoms with E-state index in [0.29, 0.717) is 0 Å². The second-order valence-corrected chi connectivity index (χ2v) is 5.90. The second-order valence-electron chi connectivity index (χ2n) is 5.90. The highest BCUT2D eigenvalue weighted by Crippen LogP contribution is 2.24. The third kappa shape index (κ3) is 5.95. The molecule has 0 bridgehead atoms. The van der Waals surface area contributed by atoms with Crippen LogP contribution in [-0.2, 0) is 9.59 Å². The summed E-state index contributed by atoms with van der Waals surface area (Å²) in [5, 5.41) is 30.9. The minimum absolute atomic E-state index is 0.167. The van der Waals surface area contributed by atoms with E-state index in [-0.39, 0.29) is 19.4 Å². The van der Waals surface area contributed by atoms with Crippen LogP contribution in [0, 0.1) is 0 Å². The minimum Gasteiger partial charge on any atom is -0.544 e. The van der Waals surface area contributed by atoms with Crippen molar-refractivity contribution in [1.82, 2.24) is 0 Å². The van der Waals surface area contributed by atoms with Crippen LogP contribution in [0.3, 0.4) is 0 Å². The number of hydrogen-bond acceptors (Lipinski definition) is 4. The number of unbranched alkanes of at least 4 members (excludes halogenated alkanes) is 3. The van der Waals surface area contributed by atoms with Crippen LogP contribution in [0.2, 0.25) is 0 Å². The van der Waals surface area contributed by atoms with Crippen molar-refractivity contribution < 1.29 is 29.4 Å². The first-order valence-corrected chi connectivity index (χ1v) is 8.47. The smallest absolute Gasteiger partial charge is 0.362 e. The quantitative estimate of drug-likeness (QED) is 0.230. The number of carboxylic acid groups (broad SMARTS) is 2. The Hall–Kier alpha value is -1.40. The number of nitrogens with zero attached hydrogens (tertiary/aromatic N) is 1. The van der Waals surface area contributed by atoms with Gasteiger partial charge >= 0.3 is 5.97 Å². The molecule has 0 aromatic heterocycles. The topological polar surface area (TPSA) is 97.7 Å². The third-order valence-electron chi connectivity index (χ3n) is 4.42. The van der Waals surface area contributed by atoms with Crippen molar-refractivity contribution in [1.29, 1.82) is 0 Å². The molecule has 3 atom stereocenters. The van der Waals surface area contributed by atoms with Crippen LogP contribution in [0.25, 0.3) is 0 Å². The van der Waals surface area contributed by atoms with Gasteiger partial charge in [0.15, 0.2) is 12.8 Å². The molecule has 0 aliphatic heterocycles. The fourth-order valence-electron chi connectivity index (χ4n) is 3.13. The maximum absolute atomic E-state index is 11.6. The summed E-state index contributed by atoms with van der Waals surface area (Å²) in [7, 11) is 0. The van der Waals surface area contributed by atoms with Gasteiger partial charge in [0.05, 0.1) is 5.97 Å². The maximum Gasteiger partial charge on any atom is 0.362 e. The fraction of sp³-hybridized carbons (Fsp3) is 0.765. The first-order chi connectivity index (χ1) is 10.9. The summed E-state index contributed by atoms with van der Waals surface area (Å²) in [6.45, 7) is 5.09. The van der Waals surface area contributed by atoms with Crippen LogP contribution in [0.4, 0.5) is 0 Å². The van der Waals surface area contributed by atoms with E-state index < -0.39 is 35.2 Å². The number of aliphatic hydroxyl groups is 1. The molecule has 0 amide bonds. The summed E-state index contributed by atoms with van der Waals surface area (Å²) >= 11 is 0. The Kier molecular flexibility index (Phi) is 10.5. The number of carbonyl (C=O) groups excluding carboxylic acids is 1. The average molecular weight is 329 g/mol. The van der Waals surface area contributed by atoms with E-state index in [4.69, 9.17) is 0 Å².